The minimum atomic E-state index is 0.536. The summed E-state index contributed by atoms with van der Waals surface area (Å²) in [6.07, 6.45) is 4.31. The fourth-order valence-corrected chi connectivity index (χ4v) is 3.37. The lowest BCUT2D eigenvalue weighted by molar-refractivity contribution is 0.222. The highest BCUT2D eigenvalue weighted by molar-refractivity contribution is 4.99. The molecule has 11 heavy (non-hydrogen) atoms. The molecule has 2 bridgehead atoms. The van der Waals surface area contributed by atoms with Crippen LogP contribution >= 0.6 is 0 Å². The molecule has 0 aliphatic heterocycles. The Morgan fingerprint density at radius 1 is 1.18 bits per heavy atom. The number of hydrogen-bond acceptors (Lipinski definition) is 1. The van der Waals surface area contributed by atoms with Crippen LogP contribution in [0.3, 0.4) is 0 Å². The first-order valence-electron chi connectivity index (χ1n) is 4.95. The second-order valence-electron chi connectivity index (χ2n) is 4.73. The second kappa shape index (κ2) is 2.48. The summed E-state index contributed by atoms with van der Waals surface area (Å²) in [7, 11) is 0. The monoisotopic (exact) mass is 153 g/mol. The zero-order chi connectivity index (χ0) is 8.01. The Balaban J connectivity index is 2.11. The fraction of sp³-hybridized carbons (Fsp3) is 1.00. The maximum atomic E-state index is 6.17. The molecule has 2 aliphatic rings. The van der Waals surface area contributed by atoms with Crippen molar-refractivity contribution >= 4 is 0 Å². The summed E-state index contributed by atoms with van der Waals surface area (Å²) >= 11 is 0. The van der Waals surface area contributed by atoms with Gasteiger partial charge in [-0.1, -0.05) is 13.8 Å². The molecule has 64 valence electrons. The Morgan fingerprint density at radius 2 is 1.82 bits per heavy atom. The molecule has 0 radical (unpaired) electrons. The third-order valence-electron chi connectivity index (χ3n) is 3.82. The third-order valence-corrected chi connectivity index (χ3v) is 3.82. The van der Waals surface area contributed by atoms with Crippen LogP contribution in [0.2, 0.25) is 0 Å². The predicted molar refractivity (Wildman–Crippen MR) is 47.1 cm³/mol. The summed E-state index contributed by atoms with van der Waals surface area (Å²) < 4.78 is 0. The van der Waals surface area contributed by atoms with E-state index in [1.54, 1.807) is 0 Å². The van der Waals surface area contributed by atoms with Gasteiger partial charge in [0.25, 0.3) is 0 Å². The normalized spacial score (nSPS) is 49.1. The van der Waals surface area contributed by atoms with E-state index < -0.39 is 0 Å². The van der Waals surface area contributed by atoms with Gasteiger partial charge >= 0.3 is 0 Å². The van der Waals surface area contributed by atoms with Crippen LogP contribution in [0.25, 0.3) is 0 Å². The summed E-state index contributed by atoms with van der Waals surface area (Å²) in [4.78, 5) is 0. The molecule has 0 aromatic carbocycles. The zero-order valence-corrected chi connectivity index (χ0v) is 7.59. The lowest BCUT2D eigenvalue weighted by Crippen LogP contribution is -2.38. The molecule has 2 fully saturated rings. The number of fused-ring (bicyclic) bond motifs is 2. The lowest BCUT2D eigenvalue weighted by atomic mass is 9.78. The van der Waals surface area contributed by atoms with Gasteiger partial charge in [-0.05, 0) is 42.9 Å². The van der Waals surface area contributed by atoms with E-state index in [-0.39, 0.29) is 0 Å². The molecule has 0 amide bonds. The molecule has 2 rings (SSSR count). The van der Waals surface area contributed by atoms with E-state index in [0.717, 1.165) is 23.7 Å². The lowest BCUT2D eigenvalue weighted by Gasteiger charge is -2.31. The molecule has 1 nitrogen and oxygen atoms in total. The van der Waals surface area contributed by atoms with E-state index >= 15 is 0 Å². The van der Waals surface area contributed by atoms with Crippen LogP contribution in [-0.4, -0.2) is 6.04 Å². The van der Waals surface area contributed by atoms with Crippen molar-refractivity contribution in [1.29, 1.82) is 0 Å². The highest BCUT2D eigenvalue weighted by Gasteiger charge is 2.46. The molecule has 0 aromatic rings. The second-order valence-corrected chi connectivity index (χ2v) is 4.73. The maximum Gasteiger partial charge on any atom is 0.0101 e. The summed E-state index contributed by atoms with van der Waals surface area (Å²) in [5.74, 6) is 3.51. The average Bonchev–Trinajstić information content (AvgIpc) is 2.44. The van der Waals surface area contributed by atoms with Crippen molar-refractivity contribution in [1.82, 2.24) is 0 Å². The van der Waals surface area contributed by atoms with Gasteiger partial charge in [-0.2, -0.15) is 0 Å². The van der Waals surface area contributed by atoms with Crippen molar-refractivity contribution in [2.24, 2.45) is 29.4 Å². The summed E-state index contributed by atoms with van der Waals surface area (Å²) in [5.41, 5.74) is 6.17. The van der Waals surface area contributed by atoms with Crippen molar-refractivity contribution in [2.75, 3.05) is 0 Å². The first kappa shape index (κ1) is 7.60. The Hall–Kier alpha value is -0.0400. The minimum Gasteiger partial charge on any atom is -0.327 e. The van der Waals surface area contributed by atoms with Gasteiger partial charge in [0.15, 0.2) is 0 Å². The van der Waals surface area contributed by atoms with Crippen molar-refractivity contribution in [2.45, 2.75) is 39.2 Å². The fourth-order valence-electron chi connectivity index (χ4n) is 3.37. The quantitative estimate of drug-likeness (QED) is 0.612. The van der Waals surface area contributed by atoms with E-state index in [1.807, 2.05) is 0 Å². The van der Waals surface area contributed by atoms with Crippen molar-refractivity contribution in [3.63, 3.8) is 0 Å². The largest absolute Gasteiger partial charge is 0.327 e. The van der Waals surface area contributed by atoms with E-state index in [9.17, 15) is 0 Å². The number of nitrogens with two attached hydrogens (primary N) is 1. The van der Waals surface area contributed by atoms with E-state index in [4.69, 9.17) is 5.73 Å². The number of rotatable bonds is 1. The smallest absolute Gasteiger partial charge is 0.0101 e. The van der Waals surface area contributed by atoms with Gasteiger partial charge in [0, 0.05) is 6.04 Å². The molecule has 0 aromatic heterocycles. The van der Waals surface area contributed by atoms with Gasteiger partial charge in [-0.3, -0.25) is 0 Å². The molecule has 1 unspecified atom stereocenters. The Bertz CT molecular complexity index is 151. The van der Waals surface area contributed by atoms with Crippen LogP contribution in [-0.2, 0) is 0 Å². The topological polar surface area (TPSA) is 26.0 Å². The van der Waals surface area contributed by atoms with Gasteiger partial charge in [0.1, 0.15) is 0 Å². The predicted octanol–water partition coefficient (Wildman–Crippen LogP) is 2.02. The van der Waals surface area contributed by atoms with Gasteiger partial charge in [-0.25, -0.2) is 0 Å². The Kier molecular flexibility index (Phi) is 1.71. The third kappa shape index (κ3) is 1.01. The standard InChI is InChI=1S/C10H19N/c1-6(2)9-7-3-4-8(5-7)10(9)11/h6-10H,3-5,11H2,1-2H3/t7-,8+,9+,10?/m1/s1. The molecule has 0 saturated heterocycles. The molecule has 2 N–H and O–H groups in total. The van der Waals surface area contributed by atoms with Crippen LogP contribution in [0.5, 0.6) is 0 Å². The van der Waals surface area contributed by atoms with Gasteiger partial charge < -0.3 is 5.73 Å². The van der Waals surface area contributed by atoms with Crippen LogP contribution in [0.4, 0.5) is 0 Å². The van der Waals surface area contributed by atoms with E-state index in [2.05, 4.69) is 13.8 Å². The first-order chi connectivity index (χ1) is 5.20. The van der Waals surface area contributed by atoms with Crippen molar-refractivity contribution in [3.05, 3.63) is 0 Å². The van der Waals surface area contributed by atoms with Crippen LogP contribution in [0, 0.1) is 23.7 Å². The molecule has 0 spiro atoms. The zero-order valence-electron chi connectivity index (χ0n) is 7.59. The summed E-state index contributed by atoms with van der Waals surface area (Å²) in [5, 5.41) is 0. The number of hydrogen-bond donors (Lipinski definition) is 1. The molecule has 2 saturated carbocycles. The molecule has 2 aliphatic carbocycles. The molecule has 0 heterocycles. The highest BCUT2D eigenvalue weighted by atomic mass is 14.7. The van der Waals surface area contributed by atoms with E-state index in [0.29, 0.717) is 6.04 Å². The van der Waals surface area contributed by atoms with Gasteiger partial charge in [-0.15, -0.1) is 0 Å². The van der Waals surface area contributed by atoms with E-state index in [1.165, 1.54) is 19.3 Å². The molecular formula is C10H19N. The average molecular weight is 153 g/mol. The van der Waals surface area contributed by atoms with Crippen LogP contribution in [0.15, 0.2) is 0 Å². The molecule has 1 heteroatoms. The minimum absolute atomic E-state index is 0.536. The maximum absolute atomic E-state index is 6.17. The summed E-state index contributed by atoms with van der Waals surface area (Å²) in [6.45, 7) is 4.65. The summed E-state index contributed by atoms with van der Waals surface area (Å²) in [6, 6.07) is 0.536. The van der Waals surface area contributed by atoms with Crippen LogP contribution in [0.1, 0.15) is 33.1 Å². The van der Waals surface area contributed by atoms with Crippen molar-refractivity contribution in [3.8, 4) is 0 Å². The molecular weight excluding hydrogens is 134 g/mol. The molecule has 4 atom stereocenters. The van der Waals surface area contributed by atoms with Crippen LogP contribution < -0.4 is 5.73 Å². The Labute approximate surface area is 69.4 Å². The van der Waals surface area contributed by atoms with Gasteiger partial charge in [0.2, 0.25) is 0 Å². The first-order valence-corrected chi connectivity index (χ1v) is 4.95. The Morgan fingerprint density at radius 3 is 2.18 bits per heavy atom. The SMILES string of the molecule is CC(C)[C@@H]1C(N)[C@H]2CC[C@@H]1C2. The van der Waals surface area contributed by atoms with Gasteiger partial charge in [0.05, 0.1) is 0 Å². The van der Waals surface area contributed by atoms with Crippen molar-refractivity contribution < 1.29 is 0 Å². The highest BCUT2D eigenvalue weighted by Crippen LogP contribution is 2.50.